The van der Waals surface area contributed by atoms with Gasteiger partial charge < -0.3 is 19.5 Å². The van der Waals surface area contributed by atoms with E-state index in [0.29, 0.717) is 39.1 Å². The van der Waals surface area contributed by atoms with Gasteiger partial charge in [-0.25, -0.2) is 0 Å². The number of hydrogen-bond donors (Lipinski definition) is 1. The first-order chi connectivity index (χ1) is 11.2. The number of aliphatic carboxylic acids is 1. The van der Waals surface area contributed by atoms with E-state index in [9.17, 15) is 14.7 Å². The van der Waals surface area contributed by atoms with E-state index in [1.54, 1.807) is 0 Å². The highest BCUT2D eigenvalue weighted by Gasteiger charge is 2.35. The Kier molecular flexibility index (Phi) is 4.81. The van der Waals surface area contributed by atoms with Gasteiger partial charge in [-0.2, -0.15) is 0 Å². The molecule has 6 heteroatoms. The average Bonchev–Trinajstić information content (AvgIpc) is 2.59. The second-order valence-corrected chi connectivity index (χ2v) is 5.93. The van der Waals surface area contributed by atoms with Crippen molar-refractivity contribution in [2.45, 2.75) is 31.2 Å². The first-order valence-electron chi connectivity index (χ1n) is 7.98. The summed E-state index contributed by atoms with van der Waals surface area (Å²) in [5, 5.41) is 9.21. The van der Waals surface area contributed by atoms with Crippen molar-refractivity contribution in [1.29, 1.82) is 0 Å². The molecule has 2 aliphatic rings. The maximum Gasteiger partial charge on any atom is 0.323 e. The molecule has 1 fully saturated rings. The predicted molar refractivity (Wildman–Crippen MR) is 82.5 cm³/mol. The van der Waals surface area contributed by atoms with E-state index < -0.39 is 5.97 Å². The summed E-state index contributed by atoms with van der Waals surface area (Å²) in [6.45, 7) is 1.35. The number of benzene rings is 1. The van der Waals surface area contributed by atoms with Crippen molar-refractivity contribution in [1.82, 2.24) is 4.90 Å². The Bertz CT molecular complexity index is 582. The van der Waals surface area contributed by atoms with Crippen LogP contribution in [0.4, 0.5) is 0 Å². The first-order valence-corrected chi connectivity index (χ1v) is 7.98. The van der Waals surface area contributed by atoms with Crippen LogP contribution in [0.15, 0.2) is 24.3 Å². The van der Waals surface area contributed by atoms with E-state index in [1.807, 2.05) is 24.3 Å². The molecular weight excluding hydrogens is 298 g/mol. The Labute approximate surface area is 135 Å². The van der Waals surface area contributed by atoms with Gasteiger partial charge in [-0.1, -0.05) is 18.2 Å². The number of amides is 1. The van der Waals surface area contributed by atoms with E-state index in [-0.39, 0.29) is 24.4 Å². The van der Waals surface area contributed by atoms with Crippen molar-refractivity contribution in [2.24, 2.45) is 0 Å². The zero-order valence-electron chi connectivity index (χ0n) is 12.9. The number of carboxylic acids is 1. The molecule has 23 heavy (non-hydrogen) atoms. The van der Waals surface area contributed by atoms with E-state index in [2.05, 4.69) is 0 Å². The zero-order chi connectivity index (χ0) is 16.2. The summed E-state index contributed by atoms with van der Waals surface area (Å²) in [6, 6.07) is 7.43. The highest BCUT2D eigenvalue weighted by molar-refractivity contribution is 5.88. The minimum Gasteiger partial charge on any atom is -0.493 e. The predicted octanol–water partition coefficient (Wildman–Crippen LogP) is 1.64. The van der Waals surface area contributed by atoms with Crippen LogP contribution in [0.25, 0.3) is 0 Å². The minimum atomic E-state index is -0.981. The molecule has 1 aromatic carbocycles. The Hall–Kier alpha value is -2.08. The van der Waals surface area contributed by atoms with Gasteiger partial charge in [-0.05, 0) is 25.3 Å². The van der Waals surface area contributed by atoms with Crippen molar-refractivity contribution in [3.05, 3.63) is 29.8 Å². The number of carbonyl (C=O) groups is 2. The molecule has 0 saturated carbocycles. The second-order valence-electron chi connectivity index (χ2n) is 5.93. The quantitative estimate of drug-likeness (QED) is 0.913. The highest BCUT2D eigenvalue weighted by Crippen LogP contribution is 2.35. The summed E-state index contributed by atoms with van der Waals surface area (Å²) in [5.41, 5.74) is 0.853. The first kappa shape index (κ1) is 15.8. The summed E-state index contributed by atoms with van der Waals surface area (Å²) in [7, 11) is 0. The van der Waals surface area contributed by atoms with E-state index in [0.717, 1.165) is 11.3 Å². The van der Waals surface area contributed by atoms with Crippen LogP contribution in [-0.4, -0.2) is 54.3 Å². The molecule has 0 radical (unpaired) electrons. The lowest BCUT2D eigenvalue weighted by molar-refractivity contribution is -0.148. The molecule has 2 aliphatic heterocycles. The van der Waals surface area contributed by atoms with Crippen LogP contribution in [0.1, 0.15) is 30.7 Å². The Balaban J connectivity index is 1.84. The zero-order valence-corrected chi connectivity index (χ0v) is 12.9. The van der Waals surface area contributed by atoms with E-state index >= 15 is 0 Å². The molecule has 6 nitrogen and oxygen atoms in total. The van der Waals surface area contributed by atoms with Crippen molar-refractivity contribution >= 4 is 11.9 Å². The molecule has 1 aromatic rings. The SMILES string of the molecule is O=C(O)CN(C(=O)C1CCOc2ccccc21)C1CCOCC1. The fourth-order valence-electron chi connectivity index (χ4n) is 3.33. The lowest BCUT2D eigenvalue weighted by atomic mass is 9.90. The maximum atomic E-state index is 13.1. The van der Waals surface area contributed by atoms with Gasteiger partial charge in [0.15, 0.2) is 0 Å². The summed E-state index contributed by atoms with van der Waals surface area (Å²) in [4.78, 5) is 25.8. The molecule has 1 N–H and O–H groups in total. The van der Waals surface area contributed by atoms with Crippen LogP contribution < -0.4 is 4.74 Å². The number of para-hydroxylation sites is 1. The molecule has 2 heterocycles. The normalized spacial score (nSPS) is 21.1. The Morgan fingerprint density at radius 3 is 2.61 bits per heavy atom. The van der Waals surface area contributed by atoms with Crippen LogP contribution >= 0.6 is 0 Å². The minimum absolute atomic E-state index is 0.0673. The fourth-order valence-corrected chi connectivity index (χ4v) is 3.33. The number of hydrogen-bond acceptors (Lipinski definition) is 4. The van der Waals surface area contributed by atoms with Crippen LogP contribution in [0, 0.1) is 0 Å². The molecule has 124 valence electrons. The highest BCUT2D eigenvalue weighted by atomic mass is 16.5. The molecular formula is C17H21NO5. The third-order valence-corrected chi connectivity index (χ3v) is 4.48. The number of carbonyl (C=O) groups excluding carboxylic acids is 1. The van der Waals surface area contributed by atoms with Gasteiger partial charge in [-0.3, -0.25) is 9.59 Å². The number of ether oxygens (including phenoxy) is 2. The third-order valence-electron chi connectivity index (χ3n) is 4.48. The van der Waals surface area contributed by atoms with Gasteiger partial charge in [0, 0.05) is 24.8 Å². The van der Waals surface area contributed by atoms with Crippen LogP contribution in [-0.2, 0) is 14.3 Å². The average molecular weight is 319 g/mol. The molecule has 0 aromatic heterocycles. The fraction of sp³-hybridized carbons (Fsp3) is 0.529. The number of rotatable bonds is 4. The Morgan fingerprint density at radius 2 is 1.87 bits per heavy atom. The van der Waals surface area contributed by atoms with Crippen molar-refractivity contribution in [3.8, 4) is 5.75 Å². The van der Waals surface area contributed by atoms with Gasteiger partial charge in [0.05, 0.1) is 12.5 Å². The summed E-state index contributed by atoms with van der Waals surface area (Å²) < 4.78 is 10.9. The molecule has 0 aliphatic carbocycles. The smallest absolute Gasteiger partial charge is 0.323 e. The second kappa shape index (κ2) is 7.00. The van der Waals surface area contributed by atoms with E-state index in [1.165, 1.54) is 4.90 Å². The van der Waals surface area contributed by atoms with Crippen LogP contribution in [0.5, 0.6) is 5.75 Å². The van der Waals surface area contributed by atoms with Crippen LogP contribution in [0.2, 0.25) is 0 Å². The summed E-state index contributed by atoms with van der Waals surface area (Å²) in [6.07, 6.45) is 1.95. The molecule has 0 spiro atoms. The topological polar surface area (TPSA) is 76.1 Å². The number of nitrogens with zero attached hydrogens (tertiary/aromatic N) is 1. The monoisotopic (exact) mass is 319 g/mol. The van der Waals surface area contributed by atoms with Gasteiger partial charge in [0.25, 0.3) is 0 Å². The largest absolute Gasteiger partial charge is 0.493 e. The number of fused-ring (bicyclic) bond motifs is 1. The Morgan fingerprint density at radius 1 is 1.13 bits per heavy atom. The van der Waals surface area contributed by atoms with Crippen molar-refractivity contribution in [2.75, 3.05) is 26.4 Å². The number of carboxylic acid groups (broad SMARTS) is 1. The molecule has 1 saturated heterocycles. The van der Waals surface area contributed by atoms with Gasteiger partial charge >= 0.3 is 5.97 Å². The summed E-state index contributed by atoms with van der Waals surface area (Å²) in [5.74, 6) is -0.707. The van der Waals surface area contributed by atoms with E-state index in [4.69, 9.17) is 9.47 Å². The molecule has 3 rings (SSSR count). The molecule has 0 bridgehead atoms. The van der Waals surface area contributed by atoms with Crippen molar-refractivity contribution < 1.29 is 24.2 Å². The van der Waals surface area contributed by atoms with Crippen LogP contribution in [0.3, 0.4) is 0 Å². The van der Waals surface area contributed by atoms with Gasteiger partial charge in [-0.15, -0.1) is 0 Å². The molecule has 1 unspecified atom stereocenters. The standard InChI is InChI=1S/C17H21NO5/c19-16(20)11-18(12-5-8-22-9-6-12)17(21)14-7-10-23-15-4-2-1-3-13(14)15/h1-4,12,14H,5-11H2,(H,19,20). The van der Waals surface area contributed by atoms with Gasteiger partial charge in [0.2, 0.25) is 5.91 Å². The molecule has 1 atom stereocenters. The third kappa shape index (κ3) is 3.47. The lowest BCUT2D eigenvalue weighted by Gasteiger charge is -2.36. The van der Waals surface area contributed by atoms with Crippen molar-refractivity contribution in [3.63, 3.8) is 0 Å². The van der Waals surface area contributed by atoms with Gasteiger partial charge in [0.1, 0.15) is 12.3 Å². The maximum absolute atomic E-state index is 13.1. The molecule has 1 amide bonds. The summed E-state index contributed by atoms with van der Waals surface area (Å²) >= 11 is 0. The lowest BCUT2D eigenvalue weighted by Crippen LogP contribution is -2.48.